The van der Waals surface area contributed by atoms with E-state index in [4.69, 9.17) is 22.0 Å². The number of hydrogen-bond acceptors (Lipinski definition) is 16. The number of ether oxygens (including phenoxy) is 2. The van der Waals surface area contributed by atoms with Gasteiger partial charge in [0.1, 0.15) is 0 Å². The lowest BCUT2D eigenvalue weighted by Gasteiger charge is -2.31. The van der Waals surface area contributed by atoms with Gasteiger partial charge in [-0.15, -0.1) is 0 Å². The van der Waals surface area contributed by atoms with Gasteiger partial charge in [0.05, 0.1) is 43.2 Å². The first-order chi connectivity index (χ1) is 39.2. The van der Waals surface area contributed by atoms with Crippen molar-refractivity contribution in [1.29, 1.82) is 0 Å². The van der Waals surface area contributed by atoms with Gasteiger partial charge in [0, 0.05) is 26.2 Å². The number of carbonyl (C=O) groups excluding carboxylic acids is 2. The predicted octanol–water partition coefficient (Wildman–Crippen LogP) is 14.3. The summed E-state index contributed by atoms with van der Waals surface area (Å²) in [5, 5.41) is 11.2. The molecule has 0 aromatic rings. The van der Waals surface area contributed by atoms with Crippen LogP contribution in [0.1, 0.15) is 297 Å². The highest BCUT2D eigenvalue weighted by atomic mass is 32.2. The van der Waals surface area contributed by atoms with E-state index in [0.29, 0.717) is 77.5 Å². The van der Waals surface area contributed by atoms with Crippen molar-refractivity contribution in [2.45, 2.75) is 334 Å². The zero-order valence-electron chi connectivity index (χ0n) is 53.3. The SMILES string of the molecule is CCCCCCCCCCC(CN(CCCCC1OC(=O)C(CCCCN(C[C@H](O)CCCCCCCCCC)C[C@@H](CCCCCCCCCC)OS(C)(=O)=O)OC1=O)C[C@@H](CCCCCCCCCC)OS(C)(=O)=O)OS(C)(=O)=O. The van der Waals surface area contributed by atoms with Gasteiger partial charge < -0.3 is 14.6 Å². The highest BCUT2D eigenvalue weighted by Gasteiger charge is 2.37. The minimum atomic E-state index is -3.80. The number of cyclic esters (lactones) is 2. The molecular formula is C63H124N2O14S3. The van der Waals surface area contributed by atoms with Crippen LogP contribution >= 0.6 is 0 Å². The molecule has 0 saturated carbocycles. The smallest absolute Gasteiger partial charge is 0.348 e. The summed E-state index contributed by atoms with van der Waals surface area (Å²) in [5.74, 6) is -1.20. The number of carbonyl (C=O) groups is 2. The van der Waals surface area contributed by atoms with Gasteiger partial charge in [-0.1, -0.05) is 233 Å². The van der Waals surface area contributed by atoms with Gasteiger partial charge in [0.15, 0.2) is 12.2 Å². The lowest BCUT2D eigenvalue weighted by atomic mass is 10.0. The lowest BCUT2D eigenvalue weighted by Crippen LogP contribution is -2.44. The monoisotopic (exact) mass is 1230 g/mol. The largest absolute Gasteiger partial charge is 0.448 e. The summed E-state index contributed by atoms with van der Waals surface area (Å²) in [6, 6.07) is 0. The van der Waals surface area contributed by atoms with E-state index in [1.165, 1.54) is 116 Å². The third-order valence-electron chi connectivity index (χ3n) is 15.7. The molecule has 1 fully saturated rings. The van der Waals surface area contributed by atoms with Crippen LogP contribution in [0.15, 0.2) is 0 Å². The lowest BCUT2D eigenvalue weighted by molar-refractivity contribution is -0.196. The first kappa shape index (κ1) is 78.6. The van der Waals surface area contributed by atoms with Gasteiger partial charge in [-0.2, -0.15) is 25.3 Å². The second kappa shape index (κ2) is 49.5. The number of aliphatic hydroxyl groups excluding tert-OH is 1. The summed E-state index contributed by atoms with van der Waals surface area (Å²) in [7, 11) is -11.3. The van der Waals surface area contributed by atoms with Crippen molar-refractivity contribution in [2.24, 2.45) is 0 Å². The van der Waals surface area contributed by atoms with E-state index in [9.17, 15) is 39.9 Å². The fraction of sp³-hybridized carbons (Fsp3) is 0.968. The van der Waals surface area contributed by atoms with Crippen molar-refractivity contribution in [3.63, 3.8) is 0 Å². The maximum Gasteiger partial charge on any atom is 0.348 e. The molecule has 1 heterocycles. The van der Waals surface area contributed by atoms with Crippen LogP contribution in [0.2, 0.25) is 0 Å². The van der Waals surface area contributed by atoms with E-state index >= 15 is 0 Å². The number of esters is 2. The van der Waals surface area contributed by atoms with Crippen LogP contribution in [0.5, 0.6) is 0 Å². The maximum atomic E-state index is 13.4. The molecule has 1 saturated heterocycles. The third-order valence-corrected chi connectivity index (χ3v) is 17.6. The molecule has 82 heavy (non-hydrogen) atoms. The van der Waals surface area contributed by atoms with Crippen LogP contribution in [0.25, 0.3) is 0 Å². The summed E-state index contributed by atoms with van der Waals surface area (Å²) >= 11 is 0. The number of nitrogens with zero attached hydrogens (tertiary/aromatic N) is 2. The van der Waals surface area contributed by atoms with Gasteiger partial charge in [-0.25, -0.2) is 9.59 Å². The Balaban J connectivity index is 3.02. The minimum Gasteiger partial charge on any atom is -0.448 e. The Labute approximate surface area is 503 Å². The maximum absolute atomic E-state index is 13.4. The van der Waals surface area contributed by atoms with Crippen LogP contribution in [0, 0.1) is 0 Å². The summed E-state index contributed by atoms with van der Waals surface area (Å²) < 4.78 is 104. The van der Waals surface area contributed by atoms with Crippen molar-refractivity contribution in [3.8, 4) is 0 Å². The van der Waals surface area contributed by atoms with Gasteiger partial charge >= 0.3 is 11.9 Å². The van der Waals surface area contributed by atoms with E-state index in [0.717, 1.165) is 109 Å². The Hall–Kier alpha value is -1.45. The molecule has 0 aliphatic carbocycles. The predicted molar refractivity (Wildman–Crippen MR) is 334 cm³/mol. The van der Waals surface area contributed by atoms with Crippen molar-refractivity contribution in [1.82, 2.24) is 9.80 Å². The molecule has 1 N–H and O–H groups in total. The fourth-order valence-corrected chi connectivity index (χ4v) is 13.2. The molecule has 1 rings (SSSR count). The molecule has 3 unspecified atom stereocenters. The minimum absolute atomic E-state index is 0.222. The van der Waals surface area contributed by atoms with Crippen LogP contribution in [-0.4, -0.2) is 147 Å². The molecule has 0 spiro atoms. The second-order valence-electron chi connectivity index (χ2n) is 24.3. The first-order valence-electron chi connectivity index (χ1n) is 33.4. The first-order valence-corrected chi connectivity index (χ1v) is 38.8. The Kier molecular flexibility index (Phi) is 47.5. The quantitative estimate of drug-likeness (QED) is 0.0341. The number of rotatable bonds is 60. The molecule has 1 aliphatic heterocycles. The fourth-order valence-electron chi connectivity index (χ4n) is 11.3. The molecule has 0 radical (unpaired) electrons. The molecule has 1 aliphatic rings. The summed E-state index contributed by atoms with van der Waals surface area (Å²) in [6.45, 7) is 11.0. The van der Waals surface area contributed by atoms with E-state index in [2.05, 4.69) is 32.6 Å². The Bertz CT molecular complexity index is 1830. The highest BCUT2D eigenvalue weighted by molar-refractivity contribution is 7.86. The number of hydrogen-bond donors (Lipinski definition) is 1. The normalized spacial score (nSPS) is 16.9. The van der Waals surface area contributed by atoms with Gasteiger partial charge in [0.25, 0.3) is 30.4 Å². The number of aliphatic hydroxyl groups is 1. The summed E-state index contributed by atoms with van der Waals surface area (Å²) in [6.07, 6.45) is 39.5. The summed E-state index contributed by atoms with van der Waals surface area (Å²) in [5.41, 5.74) is 0. The van der Waals surface area contributed by atoms with Crippen LogP contribution in [0.4, 0.5) is 0 Å². The molecule has 488 valence electrons. The standard InChI is InChI=1S/C63H124N2O14S3/c1-8-12-16-20-24-28-32-36-44-56(66)52-64(53-57(77-80(5,69)70)45-37-33-29-25-21-17-13-9-2)50-42-40-48-60-62(67)76-61(63(68)75-60)49-41-43-51-65(54-58(78-81(6,71)72)46-38-34-30-26-22-18-14-10-3)55-59(79-82(7,73)74)47-39-35-31-27-23-19-15-11-4/h56-61,66H,8-55H2,1-7H3/t56-,57-,58-,59?,60?,61?/m1/s1. The van der Waals surface area contributed by atoms with Crippen molar-refractivity contribution < 1.29 is 62.0 Å². The van der Waals surface area contributed by atoms with E-state index in [-0.39, 0.29) is 25.9 Å². The number of unbranched alkanes of at least 4 members (excludes halogenated alkanes) is 30. The topological polar surface area (TPSA) is 209 Å². The van der Waals surface area contributed by atoms with Gasteiger partial charge in [-0.3, -0.25) is 22.3 Å². The molecule has 16 nitrogen and oxygen atoms in total. The Morgan fingerprint density at radius 3 is 0.878 bits per heavy atom. The Morgan fingerprint density at radius 2 is 0.610 bits per heavy atom. The van der Waals surface area contributed by atoms with E-state index in [1.54, 1.807) is 0 Å². The van der Waals surface area contributed by atoms with E-state index in [1.807, 2.05) is 4.90 Å². The van der Waals surface area contributed by atoms with Crippen LogP contribution in [0.3, 0.4) is 0 Å². The second-order valence-corrected chi connectivity index (χ2v) is 29.1. The van der Waals surface area contributed by atoms with Crippen molar-refractivity contribution in [2.75, 3.05) is 58.0 Å². The third kappa shape index (κ3) is 47.7. The molecule has 0 aromatic heterocycles. The molecule has 0 amide bonds. The molecule has 0 bridgehead atoms. The Morgan fingerprint density at radius 1 is 0.366 bits per heavy atom. The highest BCUT2D eigenvalue weighted by Crippen LogP contribution is 2.23. The molecule has 0 aromatic carbocycles. The van der Waals surface area contributed by atoms with Crippen molar-refractivity contribution >= 4 is 42.3 Å². The molecular weight excluding hydrogens is 1100 g/mol. The van der Waals surface area contributed by atoms with Gasteiger partial charge in [0.2, 0.25) is 0 Å². The molecule has 19 heteroatoms. The van der Waals surface area contributed by atoms with Crippen molar-refractivity contribution in [3.05, 3.63) is 0 Å². The molecule has 6 atom stereocenters. The van der Waals surface area contributed by atoms with Crippen LogP contribution < -0.4 is 0 Å². The van der Waals surface area contributed by atoms with Gasteiger partial charge in [-0.05, 0) is 77.3 Å². The van der Waals surface area contributed by atoms with E-state index < -0.39 is 78.9 Å². The average molecular weight is 1230 g/mol. The zero-order chi connectivity index (χ0) is 60.8. The average Bonchev–Trinajstić information content (AvgIpc) is 3.39. The summed E-state index contributed by atoms with van der Waals surface area (Å²) in [4.78, 5) is 30.8. The zero-order valence-corrected chi connectivity index (χ0v) is 55.7. The van der Waals surface area contributed by atoms with Crippen LogP contribution in [-0.2, 0) is 62.0 Å².